The maximum absolute atomic E-state index is 12.1. The predicted octanol–water partition coefficient (Wildman–Crippen LogP) is -0.780. The molecule has 2 unspecified atom stereocenters. The average Bonchev–Trinajstić information content (AvgIpc) is 2.96. The summed E-state index contributed by atoms with van der Waals surface area (Å²) in [6.07, 6.45) is 0.0361. The van der Waals surface area contributed by atoms with E-state index in [0.29, 0.717) is 18.1 Å². The van der Waals surface area contributed by atoms with Crippen LogP contribution in [0, 0.1) is 0 Å². The van der Waals surface area contributed by atoms with Crippen molar-refractivity contribution in [2.75, 3.05) is 31.8 Å². The number of carbonyl (C=O) groups excluding carboxylic acids is 2. The van der Waals surface area contributed by atoms with Crippen molar-refractivity contribution >= 4 is 29.5 Å². The SMILES string of the molecule is COC1CC(C(=O)O)N(C(=O)CN2CSCC2=O)C1. The van der Waals surface area contributed by atoms with Crippen molar-refractivity contribution in [3.05, 3.63) is 0 Å². The molecule has 2 heterocycles. The molecule has 0 aromatic heterocycles. The zero-order valence-corrected chi connectivity index (χ0v) is 11.4. The summed E-state index contributed by atoms with van der Waals surface area (Å²) >= 11 is 1.45. The Hall–Kier alpha value is -1.28. The quantitative estimate of drug-likeness (QED) is 0.730. The Labute approximate surface area is 114 Å². The third-order valence-electron chi connectivity index (χ3n) is 3.35. The van der Waals surface area contributed by atoms with Crippen LogP contribution in [0.1, 0.15) is 6.42 Å². The molecule has 2 saturated heterocycles. The van der Waals surface area contributed by atoms with Gasteiger partial charge in [0.15, 0.2) is 0 Å². The predicted molar refractivity (Wildman–Crippen MR) is 67.6 cm³/mol. The molecule has 8 heteroatoms. The van der Waals surface area contributed by atoms with Crippen LogP contribution in [0.5, 0.6) is 0 Å². The fourth-order valence-electron chi connectivity index (χ4n) is 2.27. The minimum absolute atomic E-state index is 0.0496. The molecule has 0 aromatic rings. The highest BCUT2D eigenvalue weighted by Crippen LogP contribution is 2.22. The van der Waals surface area contributed by atoms with Gasteiger partial charge in [-0.3, -0.25) is 9.59 Å². The number of ether oxygens (including phenoxy) is 1. The summed E-state index contributed by atoms with van der Waals surface area (Å²) in [6, 6.07) is -0.859. The van der Waals surface area contributed by atoms with Gasteiger partial charge in [-0.05, 0) is 0 Å². The Morgan fingerprint density at radius 2 is 2.26 bits per heavy atom. The van der Waals surface area contributed by atoms with Crippen molar-refractivity contribution in [1.82, 2.24) is 9.80 Å². The molecule has 0 aromatic carbocycles. The van der Waals surface area contributed by atoms with E-state index >= 15 is 0 Å². The number of carbonyl (C=O) groups is 3. The molecule has 19 heavy (non-hydrogen) atoms. The second-order valence-corrected chi connectivity index (χ2v) is 5.52. The minimum Gasteiger partial charge on any atom is -0.480 e. The molecular weight excluding hydrogens is 272 g/mol. The zero-order chi connectivity index (χ0) is 14.0. The van der Waals surface area contributed by atoms with Gasteiger partial charge in [0, 0.05) is 20.1 Å². The maximum Gasteiger partial charge on any atom is 0.326 e. The van der Waals surface area contributed by atoms with E-state index in [9.17, 15) is 14.4 Å². The number of rotatable bonds is 4. The summed E-state index contributed by atoms with van der Waals surface area (Å²) in [5.41, 5.74) is 0. The van der Waals surface area contributed by atoms with Crippen molar-refractivity contribution < 1.29 is 24.2 Å². The fraction of sp³-hybridized carbons (Fsp3) is 0.727. The smallest absolute Gasteiger partial charge is 0.326 e. The van der Waals surface area contributed by atoms with E-state index in [1.807, 2.05) is 0 Å². The van der Waals surface area contributed by atoms with E-state index in [0.717, 1.165) is 0 Å². The molecule has 2 aliphatic rings. The molecule has 2 amide bonds. The van der Waals surface area contributed by atoms with Crippen LogP contribution in [0.4, 0.5) is 0 Å². The molecule has 2 atom stereocenters. The summed E-state index contributed by atoms with van der Waals surface area (Å²) in [5, 5.41) is 9.12. The number of carboxylic acids is 1. The topological polar surface area (TPSA) is 87.2 Å². The lowest BCUT2D eigenvalue weighted by Gasteiger charge is -2.24. The average molecular weight is 288 g/mol. The number of hydrogen-bond donors (Lipinski definition) is 1. The molecular formula is C11H16N2O5S. The van der Waals surface area contributed by atoms with Crippen molar-refractivity contribution in [2.24, 2.45) is 0 Å². The molecule has 2 aliphatic heterocycles. The molecule has 106 valence electrons. The fourth-order valence-corrected chi connectivity index (χ4v) is 3.18. The molecule has 0 spiro atoms. The summed E-state index contributed by atoms with van der Waals surface area (Å²) < 4.78 is 5.12. The lowest BCUT2D eigenvalue weighted by molar-refractivity contribution is -0.149. The highest BCUT2D eigenvalue weighted by molar-refractivity contribution is 8.00. The Kier molecular flexibility index (Phi) is 4.31. The summed E-state index contributed by atoms with van der Waals surface area (Å²) in [6.45, 7) is 0.216. The molecule has 7 nitrogen and oxygen atoms in total. The molecule has 2 fully saturated rings. The van der Waals surface area contributed by atoms with E-state index in [-0.39, 0.29) is 31.0 Å². The second-order valence-electron chi connectivity index (χ2n) is 4.56. The van der Waals surface area contributed by atoms with Crippen LogP contribution in [0.15, 0.2) is 0 Å². The molecule has 0 radical (unpaired) electrons. The monoisotopic (exact) mass is 288 g/mol. The second kappa shape index (κ2) is 5.79. The number of likely N-dealkylation sites (tertiary alicyclic amines) is 1. The Morgan fingerprint density at radius 3 is 2.79 bits per heavy atom. The van der Waals surface area contributed by atoms with Crippen LogP contribution in [0.2, 0.25) is 0 Å². The van der Waals surface area contributed by atoms with Gasteiger partial charge < -0.3 is 19.6 Å². The van der Waals surface area contributed by atoms with Crippen LogP contribution < -0.4 is 0 Å². The van der Waals surface area contributed by atoms with Crippen molar-refractivity contribution in [3.8, 4) is 0 Å². The molecule has 0 bridgehead atoms. The Balaban J connectivity index is 2.00. The number of methoxy groups -OCH3 is 1. The largest absolute Gasteiger partial charge is 0.480 e. The Bertz CT molecular complexity index is 403. The zero-order valence-electron chi connectivity index (χ0n) is 10.6. The summed E-state index contributed by atoms with van der Waals surface area (Å²) in [5.74, 6) is -0.564. The number of hydrogen-bond acceptors (Lipinski definition) is 5. The summed E-state index contributed by atoms with van der Waals surface area (Å²) in [4.78, 5) is 37.5. The first-order valence-electron chi connectivity index (χ1n) is 5.93. The number of aliphatic carboxylic acids is 1. The van der Waals surface area contributed by atoms with Gasteiger partial charge in [-0.1, -0.05) is 0 Å². The number of amides is 2. The van der Waals surface area contributed by atoms with Crippen LogP contribution in [-0.4, -0.2) is 76.7 Å². The minimum atomic E-state index is -1.03. The lowest BCUT2D eigenvalue weighted by atomic mass is 10.2. The highest BCUT2D eigenvalue weighted by atomic mass is 32.2. The van der Waals surface area contributed by atoms with E-state index in [4.69, 9.17) is 9.84 Å². The van der Waals surface area contributed by atoms with Gasteiger partial charge in [0.25, 0.3) is 0 Å². The van der Waals surface area contributed by atoms with Gasteiger partial charge in [-0.25, -0.2) is 4.79 Å². The highest BCUT2D eigenvalue weighted by Gasteiger charge is 2.40. The van der Waals surface area contributed by atoms with Gasteiger partial charge in [-0.15, -0.1) is 11.8 Å². The number of carboxylic acid groups (broad SMARTS) is 1. The molecule has 0 aliphatic carbocycles. The maximum atomic E-state index is 12.1. The van der Waals surface area contributed by atoms with E-state index in [1.165, 1.54) is 28.7 Å². The van der Waals surface area contributed by atoms with E-state index in [1.54, 1.807) is 0 Å². The van der Waals surface area contributed by atoms with E-state index in [2.05, 4.69) is 0 Å². The first kappa shape index (κ1) is 14.1. The molecule has 1 N–H and O–H groups in total. The van der Waals surface area contributed by atoms with Gasteiger partial charge in [0.1, 0.15) is 12.6 Å². The Morgan fingerprint density at radius 1 is 1.53 bits per heavy atom. The summed E-state index contributed by atoms with van der Waals surface area (Å²) in [7, 11) is 1.50. The van der Waals surface area contributed by atoms with Gasteiger partial charge in [0.2, 0.25) is 11.8 Å². The van der Waals surface area contributed by atoms with Crippen LogP contribution in [-0.2, 0) is 19.1 Å². The molecule has 2 rings (SSSR count). The van der Waals surface area contributed by atoms with Gasteiger partial charge in [0.05, 0.1) is 17.7 Å². The standard InChI is InChI=1S/C11H16N2O5S/c1-18-7-2-8(11(16)17)13(3-7)9(14)4-12-6-19-5-10(12)15/h7-8H,2-6H2,1H3,(H,16,17). The van der Waals surface area contributed by atoms with Crippen LogP contribution in [0.25, 0.3) is 0 Å². The van der Waals surface area contributed by atoms with Crippen molar-refractivity contribution in [1.29, 1.82) is 0 Å². The van der Waals surface area contributed by atoms with Crippen molar-refractivity contribution in [2.45, 2.75) is 18.6 Å². The number of thioether (sulfide) groups is 1. The first-order valence-corrected chi connectivity index (χ1v) is 7.09. The van der Waals surface area contributed by atoms with Crippen LogP contribution >= 0.6 is 11.8 Å². The third-order valence-corrected chi connectivity index (χ3v) is 4.30. The van der Waals surface area contributed by atoms with E-state index < -0.39 is 12.0 Å². The third kappa shape index (κ3) is 3.01. The lowest BCUT2D eigenvalue weighted by Crippen LogP contribution is -2.46. The van der Waals surface area contributed by atoms with Crippen molar-refractivity contribution in [3.63, 3.8) is 0 Å². The van der Waals surface area contributed by atoms with Gasteiger partial charge in [-0.2, -0.15) is 0 Å². The normalized spacial score (nSPS) is 27.1. The van der Waals surface area contributed by atoms with Crippen LogP contribution in [0.3, 0.4) is 0 Å². The molecule has 0 saturated carbocycles. The number of nitrogens with zero attached hydrogens (tertiary/aromatic N) is 2. The van der Waals surface area contributed by atoms with Gasteiger partial charge >= 0.3 is 5.97 Å². The first-order chi connectivity index (χ1) is 9.02.